The number of halogens is 2. The van der Waals surface area contributed by atoms with E-state index in [4.69, 9.17) is 12.2 Å². The lowest BCUT2D eigenvalue weighted by Gasteiger charge is -2.15. The van der Waals surface area contributed by atoms with Gasteiger partial charge in [-0.1, -0.05) is 12.1 Å². The van der Waals surface area contributed by atoms with Crippen molar-refractivity contribution in [2.75, 3.05) is 0 Å². The number of nitrogens with zero attached hydrogens (tertiary/aromatic N) is 1. The van der Waals surface area contributed by atoms with Crippen molar-refractivity contribution in [1.82, 2.24) is 14.9 Å². The second-order valence-electron chi connectivity index (χ2n) is 5.54. The minimum Gasteiger partial charge on any atom is -0.344 e. The molecular formula is C18H15F2N3OS. The molecule has 0 saturated carbocycles. The van der Waals surface area contributed by atoms with Gasteiger partial charge < -0.3 is 10.3 Å². The summed E-state index contributed by atoms with van der Waals surface area (Å²) in [6, 6.07) is 11.3. The van der Waals surface area contributed by atoms with Crippen LogP contribution in [-0.4, -0.2) is 15.5 Å². The molecule has 2 aromatic carbocycles. The summed E-state index contributed by atoms with van der Waals surface area (Å²) in [6.45, 7) is 1.76. The van der Waals surface area contributed by atoms with E-state index in [1.165, 1.54) is 47.2 Å². The summed E-state index contributed by atoms with van der Waals surface area (Å²) in [6.07, 6.45) is 1.49. The Morgan fingerprint density at radius 1 is 1.16 bits per heavy atom. The highest BCUT2D eigenvalue weighted by molar-refractivity contribution is 7.71. The van der Waals surface area contributed by atoms with Crippen molar-refractivity contribution in [1.29, 1.82) is 0 Å². The van der Waals surface area contributed by atoms with Gasteiger partial charge in [-0.15, -0.1) is 0 Å². The fourth-order valence-electron chi connectivity index (χ4n) is 2.51. The molecule has 3 rings (SSSR count). The van der Waals surface area contributed by atoms with E-state index in [1.807, 2.05) is 0 Å². The molecule has 0 fully saturated rings. The lowest BCUT2D eigenvalue weighted by atomic mass is 10.1. The lowest BCUT2D eigenvalue weighted by molar-refractivity contribution is 0.0933. The number of benzene rings is 2. The van der Waals surface area contributed by atoms with Crippen molar-refractivity contribution in [3.63, 3.8) is 0 Å². The number of amides is 1. The summed E-state index contributed by atoms with van der Waals surface area (Å²) < 4.78 is 28.3. The van der Waals surface area contributed by atoms with Crippen LogP contribution in [0.25, 0.3) is 5.69 Å². The molecular weight excluding hydrogens is 344 g/mol. The molecule has 0 bridgehead atoms. The number of carbonyl (C=O) groups is 1. The highest BCUT2D eigenvalue weighted by Crippen LogP contribution is 2.17. The maximum absolute atomic E-state index is 13.3. The van der Waals surface area contributed by atoms with E-state index >= 15 is 0 Å². The van der Waals surface area contributed by atoms with Gasteiger partial charge in [-0.25, -0.2) is 8.78 Å². The van der Waals surface area contributed by atoms with Crippen molar-refractivity contribution in [2.45, 2.75) is 13.0 Å². The zero-order valence-electron chi connectivity index (χ0n) is 13.3. The van der Waals surface area contributed by atoms with Gasteiger partial charge in [0.05, 0.1) is 6.04 Å². The van der Waals surface area contributed by atoms with Gasteiger partial charge in [0, 0.05) is 11.9 Å². The first-order valence-corrected chi connectivity index (χ1v) is 7.99. The molecule has 0 saturated heterocycles. The number of carbonyl (C=O) groups excluding carboxylic acids is 1. The summed E-state index contributed by atoms with van der Waals surface area (Å²) in [4.78, 5) is 15.4. The third-order valence-electron chi connectivity index (χ3n) is 3.79. The molecule has 0 radical (unpaired) electrons. The van der Waals surface area contributed by atoms with E-state index in [-0.39, 0.29) is 23.2 Å². The Balaban J connectivity index is 1.88. The highest BCUT2D eigenvalue weighted by Gasteiger charge is 2.17. The number of imidazole rings is 1. The maximum Gasteiger partial charge on any atom is 0.270 e. The summed E-state index contributed by atoms with van der Waals surface area (Å²) in [5.41, 5.74) is 1.49. The first kappa shape index (κ1) is 17.0. The first-order valence-electron chi connectivity index (χ1n) is 7.58. The number of nitrogens with one attached hydrogen (secondary N) is 2. The van der Waals surface area contributed by atoms with Gasteiger partial charge in [-0.2, -0.15) is 0 Å². The van der Waals surface area contributed by atoms with Gasteiger partial charge in [0.1, 0.15) is 17.3 Å². The minimum atomic E-state index is -0.395. The van der Waals surface area contributed by atoms with Crippen LogP contribution in [-0.2, 0) is 0 Å². The molecule has 128 valence electrons. The largest absolute Gasteiger partial charge is 0.344 e. The van der Waals surface area contributed by atoms with Crippen molar-refractivity contribution >= 4 is 18.1 Å². The van der Waals surface area contributed by atoms with Crippen LogP contribution < -0.4 is 5.32 Å². The van der Waals surface area contributed by atoms with Crippen molar-refractivity contribution in [3.05, 3.63) is 82.4 Å². The Hall–Kier alpha value is -2.80. The van der Waals surface area contributed by atoms with E-state index in [0.717, 1.165) is 0 Å². The molecule has 1 aromatic heterocycles. The molecule has 1 amide bonds. The Labute approximate surface area is 148 Å². The molecule has 7 heteroatoms. The molecule has 4 nitrogen and oxygen atoms in total. The van der Waals surface area contributed by atoms with Crippen LogP contribution in [0.1, 0.15) is 29.0 Å². The monoisotopic (exact) mass is 359 g/mol. The lowest BCUT2D eigenvalue weighted by Crippen LogP contribution is -2.28. The van der Waals surface area contributed by atoms with E-state index in [0.29, 0.717) is 16.0 Å². The normalized spacial score (nSPS) is 12.0. The average molecular weight is 359 g/mol. The smallest absolute Gasteiger partial charge is 0.270 e. The van der Waals surface area contributed by atoms with Crippen LogP contribution >= 0.6 is 12.2 Å². The SMILES string of the molecule is CC(NC(=O)c1c[nH]c(=S)n1-c1ccc(F)cc1)c1cccc(F)c1. The second-order valence-corrected chi connectivity index (χ2v) is 5.93. The number of aromatic nitrogens is 2. The van der Waals surface area contributed by atoms with Gasteiger partial charge >= 0.3 is 0 Å². The van der Waals surface area contributed by atoms with Gasteiger partial charge in [0.2, 0.25) is 0 Å². The Bertz CT molecular complexity index is 963. The molecule has 1 atom stereocenters. The van der Waals surface area contributed by atoms with Crippen molar-refractivity contribution in [3.8, 4) is 5.69 Å². The fourth-order valence-corrected chi connectivity index (χ4v) is 2.77. The summed E-state index contributed by atoms with van der Waals surface area (Å²) in [5.74, 6) is -1.13. The number of aromatic amines is 1. The number of H-pyrrole nitrogens is 1. The quantitative estimate of drug-likeness (QED) is 0.682. The highest BCUT2D eigenvalue weighted by atomic mass is 32.1. The molecule has 1 heterocycles. The molecule has 3 aromatic rings. The maximum atomic E-state index is 13.3. The average Bonchev–Trinajstić information content (AvgIpc) is 2.97. The molecule has 0 aliphatic carbocycles. The predicted molar refractivity (Wildman–Crippen MR) is 93.2 cm³/mol. The molecule has 25 heavy (non-hydrogen) atoms. The number of hydrogen-bond donors (Lipinski definition) is 2. The zero-order valence-corrected chi connectivity index (χ0v) is 14.1. The Morgan fingerprint density at radius 2 is 1.88 bits per heavy atom. The topological polar surface area (TPSA) is 49.8 Å². The van der Waals surface area contributed by atoms with E-state index in [2.05, 4.69) is 10.3 Å². The van der Waals surface area contributed by atoms with Crippen LogP contribution in [0.5, 0.6) is 0 Å². The van der Waals surface area contributed by atoms with Gasteiger partial charge in [0.25, 0.3) is 5.91 Å². The Morgan fingerprint density at radius 3 is 2.56 bits per heavy atom. The van der Waals surface area contributed by atoms with Crippen molar-refractivity contribution in [2.24, 2.45) is 0 Å². The van der Waals surface area contributed by atoms with Crippen LogP contribution in [0.2, 0.25) is 0 Å². The van der Waals surface area contributed by atoms with Crippen molar-refractivity contribution < 1.29 is 13.6 Å². The van der Waals surface area contributed by atoms with Crippen LogP contribution in [0.4, 0.5) is 8.78 Å². The number of hydrogen-bond acceptors (Lipinski definition) is 2. The van der Waals surface area contributed by atoms with Crippen LogP contribution in [0.3, 0.4) is 0 Å². The molecule has 1 unspecified atom stereocenters. The summed E-state index contributed by atoms with van der Waals surface area (Å²) in [7, 11) is 0. The predicted octanol–water partition coefficient (Wildman–Crippen LogP) is 4.30. The second kappa shape index (κ2) is 6.98. The minimum absolute atomic E-state index is 0.278. The fraction of sp³-hybridized carbons (Fsp3) is 0.111. The van der Waals surface area contributed by atoms with E-state index in [1.54, 1.807) is 19.1 Å². The van der Waals surface area contributed by atoms with Gasteiger partial charge in [0.15, 0.2) is 4.77 Å². The standard InChI is InChI=1S/C18H15F2N3OS/c1-11(12-3-2-4-14(20)9-12)22-17(24)16-10-21-18(25)23(16)15-7-5-13(19)6-8-15/h2-11H,1H3,(H,21,25)(H,22,24). The zero-order chi connectivity index (χ0) is 18.0. The van der Waals surface area contributed by atoms with Crippen LogP contribution in [0.15, 0.2) is 54.7 Å². The third kappa shape index (κ3) is 3.66. The van der Waals surface area contributed by atoms with E-state index < -0.39 is 6.04 Å². The molecule has 0 aliphatic heterocycles. The third-order valence-corrected chi connectivity index (χ3v) is 4.09. The molecule has 0 spiro atoms. The Kier molecular flexibility index (Phi) is 4.76. The van der Waals surface area contributed by atoms with Crippen LogP contribution in [0, 0.1) is 16.4 Å². The summed E-state index contributed by atoms with van der Waals surface area (Å²) >= 11 is 5.22. The van der Waals surface area contributed by atoms with E-state index in [9.17, 15) is 13.6 Å². The van der Waals surface area contributed by atoms with Gasteiger partial charge in [-0.05, 0) is 61.1 Å². The summed E-state index contributed by atoms with van der Waals surface area (Å²) in [5, 5.41) is 2.81. The molecule has 0 aliphatic rings. The number of rotatable bonds is 4. The molecule has 2 N–H and O–H groups in total. The van der Waals surface area contributed by atoms with Gasteiger partial charge in [-0.3, -0.25) is 9.36 Å². The first-order chi connectivity index (χ1) is 12.0.